The van der Waals surface area contributed by atoms with Gasteiger partial charge in [0, 0.05) is 19.6 Å². The number of nitrogens with zero attached hydrogens (tertiary/aromatic N) is 2. The molecule has 1 saturated heterocycles. The van der Waals surface area contributed by atoms with Crippen LogP contribution in [-0.2, 0) is 4.79 Å². The van der Waals surface area contributed by atoms with Gasteiger partial charge in [0.05, 0.1) is 12.3 Å². The third kappa shape index (κ3) is 3.14. The fourth-order valence-corrected chi connectivity index (χ4v) is 2.94. The number of thioether (sulfide) groups is 1. The van der Waals surface area contributed by atoms with Crippen molar-refractivity contribution in [2.75, 3.05) is 31.9 Å². The number of aliphatic imine (C=N–C) groups is 1. The molecular formula is C11H19N3OS. The molecule has 0 aliphatic carbocycles. The molecule has 2 aliphatic heterocycles. The first-order valence-electron chi connectivity index (χ1n) is 5.94. The van der Waals surface area contributed by atoms with Gasteiger partial charge < -0.3 is 10.2 Å². The van der Waals surface area contributed by atoms with Gasteiger partial charge in [0.2, 0.25) is 5.91 Å². The average molecular weight is 241 g/mol. The van der Waals surface area contributed by atoms with Crippen molar-refractivity contribution in [3.05, 3.63) is 0 Å². The van der Waals surface area contributed by atoms with Gasteiger partial charge in [-0.25, -0.2) is 0 Å². The first-order chi connectivity index (χ1) is 7.75. The summed E-state index contributed by atoms with van der Waals surface area (Å²) in [4.78, 5) is 18.2. The molecule has 1 unspecified atom stereocenters. The van der Waals surface area contributed by atoms with Crippen LogP contribution < -0.4 is 5.32 Å². The molecule has 0 aromatic carbocycles. The number of amidine groups is 1. The maximum atomic E-state index is 11.9. The van der Waals surface area contributed by atoms with E-state index in [9.17, 15) is 4.79 Å². The third-order valence-corrected chi connectivity index (χ3v) is 3.92. The SMILES string of the molecule is CC1CCCN(C(=O)CSC2=NCCN2)C1. The minimum absolute atomic E-state index is 0.257. The molecule has 1 N–H and O–H groups in total. The fourth-order valence-electron chi connectivity index (χ4n) is 2.11. The van der Waals surface area contributed by atoms with Crippen LogP contribution in [0.3, 0.4) is 0 Å². The molecule has 1 atom stereocenters. The zero-order valence-corrected chi connectivity index (χ0v) is 10.6. The summed E-state index contributed by atoms with van der Waals surface area (Å²) in [5.41, 5.74) is 0. The Bertz CT molecular complexity index is 293. The van der Waals surface area contributed by atoms with Crippen molar-refractivity contribution in [3.8, 4) is 0 Å². The van der Waals surface area contributed by atoms with E-state index in [0.717, 1.165) is 37.8 Å². The van der Waals surface area contributed by atoms with Gasteiger partial charge in [-0.1, -0.05) is 18.7 Å². The number of hydrogen-bond donors (Lipinski definition) is 1. The van der Waals surface area contributed by atoms with Gasteiger partial charge in [0.25, 0.3) is 0 Å². The second-order valence-corrected chi connectivity index (χ2v) is 5.45. The van der Waals surface area contributed by atoms with Crippen LogP contribution >= 0.6 is 11.8 Å². The standard InChI is InChI=1S/C11H19N3OS/c1-9-3-2-6-14(7-9)10(15)8-16-11-12-4-5-13-11/h9H,2-8H2,1H3,(H,12,13). The number of rotatable bonds is 2. The Balaban J connectivity index is 1.74. The molecule has 4 nitrogen and oxygen atoms in total. The Hall–Kier alpha value is -0.710. The monoisotopic (exact) mass is 241 g/mol. The number of carbonyl (C=O) groups is 1. The average Bonchev–Trinajstić information content (AvgIpc) is 2.78. The fraction of sp³-hybridized carbons (Fsp3) is 0.818. The molecule has 90 valence electrons. The Kier molecular flexibility index (Phi) is 4.09. The van der Waals surface area contributed by atoms with Crippen molar-refractivity contribution < 1.29 is 4.79 Å². The number of hydrogen-bond acceptors (Lipinski definition) is 4. The Labute approximate surface area is 101 Å². The van der Waals surface area contributed by atoms with E-state index in [1.54, 1.807) is 0 Å². The molecule has 1 fully saturated rings. The van der Waals surface area contributed by atoms with Gasteiger partial charge in [-0.05, 0) is 18.8 Å². The van der Waals surface area contributed by atoms with E-state index in [4.69, 9.17) is 0 Å². The molecule has 0 saturated carbocycles. The number of carbonyl (C=O) groups excluding carboxylic acids is 1. The maximum absolute atomic E-state index is 11.9. The molecule has 2 aliphatic rings. The lowest BCUT2D eigenvalue weighted by Gasteiger charge is -2.30. The van der Waals surface area contributed by atoms with Crippen LogP contribution in [0.25, 0.3) is 0 Å². The van der Waals surface area contributed by atoms with Gasteiger partial charge in [0.15, 0.2) is 5.17 Å². The highest BCUT2D eigenvalue weighted by Gasteiger charge is 2.21. The van der Waals surface area contributed by atoms with Crippen LogP contribution in [0.2, 0.25) is 0 Å². The van der Waals surface area contributed by atoms with Crippen molar-refractivity contribution in [1.82, 2.24) is 10.2 Å². The maximum Gasteiger partial charge on any atom is 0.233 e. The van der Waals surface area contributed by atoms with Gasteiger partial charge in [-0.2, -0.15) is 0 Å². The van der Waals surface area contributed by atoms with Crippen molar-refractivity contribution >= 4 is 22.8 Å². The topological polar surface area (TPSA) is 44.7 Å². The molecule has 5 heteroatoms. The highest BCUT2D eigenvalue weighted by atomic mass is 32.2. The Morgan fingerprint density at radius 3 is 3.25 bits per heavy atom. The summed E-state index contributed by atoms with van der Waals surface area (Å²) in [5, 5.41) is 4.09. The molecule has 2 rings (SSSR count). The second kappa shape index (κ2) is 5.57. The number of piperidine rings is 1. The lowest BCUT2D eigenvalue weighted by atomic mass is 10.0. The molecule has 2 heterocycles. The van der Waals surface area contributed by atoms with Crippen molar-refractivity contribution in [2.24, 2.45) is 10.9 Å². The molecule has 0 aromatic heterocycles. The van der Waals surface area contributed by atoms with E-state index in [0.29, 0.717) is 11.7 Å². The molecule has 0 aromatic rings. The van der Waals surface area contributed by atoms with E-state index >= 15 is 0 Å². The number of amides is 1. The van der Waals surface area contributed by atoms with E-state index in [2.05, 4.69) is 17.2 Å². The Morgan fingerprint density at radius 1 is 1.69 bits per heavy atom. The first-order valence-corrected chi connectivity index (χ1v) is 6.93. The lowest BCUT2D eigenvalue weighted by Crippen LogP contribution is -2.40. The summed E-state index contributed by atoms with van der Waals surface area (Å²) < 4.78 is 0. The van der Waals surface area contributed by atoms with Crippen molar-refractivity contribution in [2.45, 2.75) is 19.8 Å². The molecule has 16 heavy (non-hydrogen) atoms. The largest absolute Gasteiger partial charge is 0.363 e. The molecule has 0 radical (unpaired) electrons. The number of nitrogens with one attached hydrogen (secondary N) is 1. The first kappa shape index (κ1) is 11.8. The van der Waals surface area contributed by atoms with Crippen LogP contribution in [0, 0.1) is 5.92 Å². The summed E-state index contributed by atoms with van der Waals surface area (Å²) in [5.74, 6) is 1.44. The van der Waals surface area contributed by atoms with Gasteiger partial charge in [-0.3, -0.25) is 9.79 Å². The Morgan fingerprint density at radius 2 is 2.56 bits per heavy atom. The predicted octanol–water partition coefficient (Wildman–Crippen LogP) is 0.937. The molecular weight excluding hydrogens is 222 g/mol. The highest BCUT2D eigenvalue weighted by Crippen LogP contribution is 2.17. The lowest BCUT2D eigenvalue weighted by molar-refractivity contribution is -0.129. The zero-order valence-electron chi connectivity index (χ0n) is 9.74. The highest BCUT2D eigenvalue weighted by molar-refractivity contribution is 8.14. The van der Waals surface area contributed by atoms with Gasteiger partial charge in [-0.15, -0.1) is 0 Å². The van der Waals surface area contributed by atoms with E-state index in [-0.39, 0.29) is 5.91 Å². The van der Waals surface area contributed by atoms with Crippen molar-refractivity contribution in [3.63, 3.8) is 0 Å². The second-order valence-electron chi connectivity index (χ2n) is 4.49. The van der Waals surface area contributed by atoms with Crippen LogP contribution in [0.5, 0.6) is 0 Å². The van der Waals surface area contributed by atoms with Gasteiger partial charge >= 0.3 is 0 Å². The smallest absolute Gasteiger partial charge is 0.233 e. The van der Waals surface area contributed by atoms with Crippen LogP contribution in [0.4, 0.5) is 0 Å². The quantitative estimate of drug-likeness (QED) is 0.782. The summed E-state index contributed by atoms with van der Waals surface area (Å²) in [7, 11) is 0. The minimum Gasteiger partial charge on any atom is -0.363 e. The minimum atomic E-state index is 0.257. The summed E-state index contributed by atoms with van der Waals surface area (Å²) in [6.07, 6.45) is 2.40. The summed E-state index contributed by atoms with van der Waals surface area (Å²) in [6.45, 7) is 5.84. The van der Waals surface area contributed by atoms with Crippen molar-refractivity contribution in [1.29, 1.82) is 0 Å². The van der Waals surface area contributed by atoms with Crippen LogP contribution in [0.15, 0.2) is 4.99 Å². The van der Waals surface area contributed by atoms with E-state index in [1.807, 2.05) is 4.90 Å². The molecule has 0 bridgehead atoms. The summed E-state index contributed by atoms with van der Waals surface area (Å²) in [6, 6.07) is 0. The third-order valence-electron chi connectivity index (χ3n) is 2.99. The van der Waals surface area contributed by atoms with Crippen LogP contribution in [-0.4, -0.2) is 47.9 Å². The molecule has 0 spiro atoms. The van der Waals surface area contributed by atoms with Gasteiger partial charge in [0.1, 0.15) is 0 Å². The zero-order chi connectivity index (χ0) is 11.4. The van der Waals surface area contributed by atoms with Crippen LogP contribution in [0.1, 0.15) is 19.8 Å². The van der Waals surface area contributed by atoms with E-state index in [1.165, 1.54) is 18.2 Å². The predicted molar refractivity (Wildman–Crippen MR) is 67.7 cm³/mol. The normalized spacial score (nSPS) is 25.2. The molecule has 1 amide bonds. The summed E-state index contributed by atoms with van der Waals surface area (Å²) >= 11 is 1.53. The number of likely N-dealkylation sites (tertiary alicyclic amines) is 1. The van der Waals surface area contributed by atoms with E-state index < -0.39 is 0 Å².